The van der Waals surface area contributed by atoms with Crippen LogP contribution < -0.4 is 16.4 Å². The van der Waals surface area contributed by atoms with Gasteiger partial charge in [0, 0.05) is 31.7 Å². The summed E-state index contributed by atoms with van der Waals surface area (Å²) in [7, 11) is 0. The predicted octanol–water partition coefficient (Wildman–Crippen LogP) is -0.664. The highest BCUT2D eigenvalue weighted by Crippen LogP contribution is 2.03. The number of nitrogens with zero attached hydrogens (tertiary/aromatic N) is 3. The van der Waals surface area contributed by atoms with Gasteiger partial charge in [0.25, 0.3) is 0 Å². The van der Waals surface area contributed by atoms with Crippen LogP contribution in [0.15, 0.2) is 6.07 Å². The smallest absolute Gasteiger partial charge is 0.325 e. The highest BCUT2D eigenvalue weighted by atomic mass is 16.5. The molecule has 164 valence electrons. The molecule has 4 N–H and O–H groups in total. The van der Waals surface area contributed by atoms with Crippen LogP contribution in [0.1, 0.15) is 31.2 Å². The fraction of sp³-hybridized carbons (Fsp3) is 0.684. The number of esters is 1. The van der Waals surface area contributed by atoms with Crippen molar-refractivity contribution in [2.24, 2.45) is 5.73 Å². The maximum atomic E-state index is 11.9. The van der Waals surface area contributed by atoms with Crippen LogP contribution in [0.5, 0.6) is 0 Å². The van der Waals surface area contributed by atoms with Crippen molar-refractivity contribution in [1.82, 2.24) is 25.3 Å². The number of carbonyl (C=O) groups excluding carboxylic acids is 3. The summed E-state index contributed by atoms with van der Waals surface area (Å²) in [5.41, 5.74) is 7.81. The van der Waals surface area contributed by atoms with Gasteiger partial charge >= 0.3 is 5.97 Å². The minimum absolute atomic E-state index is 0.164. The Hall–Kier alpha value is -2.46. The fourth-order valence-electron chi connectivity index (χ4n) is 2.83. The number of hydrogen-bond acceptors (Lipinski definition) is 7. The van der Waals surface area contributed by atoms with Crippen LogP contribution in [0.25, 0.3) is 0 Å². The van der Waals surface area contributed by atoms with Gasteiger partial charge in [-0.15, -0.1) is 0 Å². The van der Waals surface area contributed by atoms with E-state index >= 15 is 0 Å². The van der Waals surface area contributed by atoms with E-state index in [0.717, 1.165) is 37.6 Å². The SMILES string of the molecule is CCOC(=O)CNC(=O)CNC(=O)CCCN(CCN)CCn1nc(C)cc1C. The molecule has 0 saturated heterocycles. The third kappa shape index (κ3) is 10.6. The van der Waals surface area contributed by atoms with Gasteiger partial charge in [-0.1, -0.05) is 0 Å². The lowest BCUT2D eigenvalue weighted by atomic mass is 10.2. The van der Waals surface area contributed by atoms with Crippen molar-refractivity contribution < 1.29 is 19.1 Å². The molecule has 0 unspecified atom stereocenters. The summed E-state index contributed by atoms with van der Waals surface area (Å²) in [5.74, 6) is -1.14. The van der Waals surface area contributed by atoms with E-state index in [9.17, 15) is 14.4 Å². The Kier molecular flexibility index (Phi) is 11.6. The molecule has 0 bridgehead atoms. The second-order valence-electron chi connectivity index (χ2n) is 6.74. The summed E-state index contributed by atoms with van der Waals surface area (Å²) in [4.78, 5) is 36.9. The molecule has 0 atom stereocenters. The van der Waals surface area contributed by atoms with Crippen molar-refractivity contribution in [1.29, 1.82) is 0 Å². The molecule has 2 amide bonds. The van der Waals surface area contributed by atoms with E-state index < -0.39 is 11.9 Å². The first-order valence-corrected chi connectivity index (χ1v) is 9.98. The summed E-state index contributed by atoms with van der Waals surface area (Å²) in [6.07, 6.45) is 0.972. The standard InChI is InChI=1S/C19H34N6O4/c1-4-29-19(28)14-22-18(27)13-21-17(26)6-5-8-24(9-7-20)10-11-25-16(3)12-15(2)23-25/h12H,4-11,13-14,20H2,1-3H3,(H,21,26)(H,22,27). The van der Waals surface area contributed by atoms with Gasteiger partial charge in [0.15, 0.2) is 0 Å². The minimum Gasteiger partial charge on any atom is -0.465 e. The Morgan fingerprint density at radius 2 is 1.86 bits per heavy atom. The van der Waals surface area contributed by atoms with E-state index in [1.807, 2.05) is 24.6 Å². The maximum Gasteiger partial charge on any atom is 0.325 e. The highest BCUT2D eigenvalue weighted by molar-refractivity contribution is 5.86. The van der Waals surface area contributed by atoms with Crippen LogP contribution in [0.2, 0.25) is 0 Å². The zero-order valence-electron chi connectivity index (χ0n) is 17.7. The number of ether oxygens (including phenoxy) is 1. The van der Waals surface area contributed by atoms with Gasteiger partial charge in [0.05, 0.1) is 25.4 Å². The van der Waals surface area contributed by atoms with Crippen molar-refractivity contribution >= 4 is 17.8 Å². The van der Waals surface area contributed by atoms with Crippen LogP contribution in [0.3, 0.4) is 0 Å². The number of aromatic nitrogens is 2. The van der Waals surface area contributed by atoms with E-state index in [1.54, 1.807) is 6.92 Å². The molecule has 1 aromatic rings. The molecule has 0 saturated carbocycles. The molecule has 0 aliphatic rings. The first-order valence-electron chi connectivity index (χ1n) is 9.98. The second-order valence-corrected chi connectivity index (χ2v) is 6.74. The largest absolute Gasteiger partial charge is 0.465 e. The van der Waals surface area contributed by atoms with Gasteiger partial charge in [-0.2, -0.15) is 5.10 Å². The van der Waals surface area contributed by atoms with E-state index in [-0.39, 0.29) is 25.6 Å². The lowest BCUT2D eigenvalue weighted by molar-refractivity contribution is -0.143. The summed E-state index contributed by atoms with van der Waals surface area (Å²) < 4.78 is 6.68. The van der Waals surface area contributed by atoms with E-state index in [2.05, 4.69) is 20.6 Å². The Morgan fingerprint density at radius 3 is 2.48 bits per heavy atom. The quantitative estimate of drug-likeness (QED) is 0.347. The molecule has 0 aliphatic carbocycles. The number of hydrogen-bond donors (Lipinski definition) is 3. The van der Waals surface area contributed by atoms with Gasteiger partial charge in [-0.3, -0.25) is 19.1 Å². The lowest BCUT2D eigenvalue weighted by Crippen LogP contribution is -2.39. The molecular formula is C19H34N6O4. The van der Waals surface area contributed by atoms with Gasteiger partial charge in [-0.25, -0.2) is 0 Å². The average molecular weight is 411 g/mol. The van der Waals surface area contributed by atoms with E-state index in [1.165, 1.54) is 0 Å². The van der Waals surface area contributed by atoms with Gasteiger partial charge in [0.1, 0.15) is 6.54 Å². The first kappa shape index (κ1) is 24.6. The molecule has 0 radical (unpaired) electrons. The molecule has 1 aromatic heterocycles. The van der Waals surface area contributed by atoms with Crippen LogP contribution in [0, 0.1) is 13.8 Å². The van der Waals surface area contributed by atoms with Gasteiger partial charge in [0.2, 0.25) is 11.8 Å². The zero-order chi connectivity index (χ0) is 21.6. The number of nitrogens with one attached hydrogen (secondary N) is 2. The van der Waals surface area contributed by atoms with Crippen molar-refractivity contribution in [3.05, 3.63) is 17.5 Å². The summed E-state index contributed by atoms with van der Waals surface area (Å²) in [5, 5.41) is 9.40. The van der Waals surface area contributed by atoms with Crippen LogP contribution in [0.4, 0.5) is 0 Å². The monoisotopic (exact) mass is 410 g/mol. The number of amides is 2. The Bertz CT molecular complexity index is 661. The van der Waals surface area contributed by atoms with Gasteiger partial charge in [-0.05, 0) is 39.8 Å². The van der Waals surface area contributed by atoms with Crippen LogP contribution in [-0.4, -0.2) is 78.3 Å². The molecule has 10 nitrogen and oxygen atoms in total. The van der Waals surface area contributed by atoms with Crippen molar-refractivity contribution in [2.75, 3.05) is 45.9 Å². The van der Waals surface area contributed by atoms with Crippen LogP contribution >= 0.6 is 0 Å². The fourth-order valence-corrected chi connectivity index (χ4v) is 2.83. The number of nitrogens with two attached hydrogens (primary N) is 1. The molecule has 29 heavy (non-hydrogen) atoms. The molecule has 1 heterocycles. The van der Waals surface area contributed by atoms with Crippen molar-refractivity contribution in [3.63, 3.8) is 0 Å². The van der Waals surface area contributed by atoms with Crippen molar-refractivity contribution in [2.45, 2.75) is 40.2 Å². The summed E-state index contributed by atoms with van der Waals surface area (Å²) >= 11 is 0. The predicted molar refractivity (Wildman–Crippen MR) is 109 cm³/mol. The molecule has 0 fully saturated rings. The van der Waals surface area contributed by atoms with Gasteiger partial charge < -0.3 is 26.0 Å². The number of rotatable bonds is 14. The molecule has 0 spiro atoms. The van der Waals surface area contributed by atoms with Crippen molar-refractivity contribution in [3.8, 4) is 0 Å². The zero-order valence-corrected chi connectivity index (χ0v) is 17.7. The average Bonchev–Trinajstić information content (AvgIpc) is 3.00. The molecule has 0 aromatic carbocycles. The summed E-state index contributed by atoms with van der Waals surface area (Å²) in [6, 6.07) is 2.04. The molecule has 10 heteroatoms. The minimum atomic E-state index is -0.507. The molecule has 0 aliphatic heterocycles. The lowest BCUT2D eigenvalue weighted by Gasteiger charge is -2.21. The molecule has 1 rings (SSSR count). The first-order chi connectivity index (χ1) is 13.8. The summed E-state index contributed by atoms with van der Waals surface area (Å²) in [6.45, 7) is 9.18. The highest BCUT2D eigenvalue weighted by Gasteiger charge is 2.10. The van der Waals surface area contributed by atoms with Crippen LogP contribution in [-0.2, 0) is 25.7 Å². The topological polar surface area (TPSA) is 132 Å². The van der Waals surface area contributed by atoms with E-state index in [4.69, 9.17) is 10.5 Å². The third-order valence-corrected chi connectivity index (χ3v) is 4.24. The Balaban J connectivity index is 2.24. The Morgan fingerprint density at radius 1 is 1.14 bits per heavy atom. The number of aryl methyl sites for hydroxylation is 2. The molecular weight excluding hydrogens is 376 g/mol. The van der Waals surface area contributed by atoms with E-state index in [0.29, 0.717) is 19.4 Å². The number of carbonyl (C=O) groups is 3. The third-order valence-electron chi connectivity index (χ3n) is 4.24. The normalized spacial score (nSPS) is 10.8. The second kappa shape index (κ2) is 13.7. The maximum absolute atomic E-state index is 11.9. The Labute approximate surface area is 172 Å².